The van der Waals surface area contributed by atoms with Crippen molar-refractivity contribution in [3.63, 3.8) is 0 Å². The van der Waals surface area contributed by atoms with Gasteiger partial charge in [0.2, 0.25) is 0 Å². The summed E-state index contributed by atoms with van der Waals surface area (Å²) in [7, 11) is 0. The summed E-state index contributed by atoms with van der Waals surface area (Å²) in [4.78, 5) is 24.1. The second kappa shape index (κ2) is 40.1. The molecule has 0 aliphatic carbocycles. The first-order chi connectivity index (χ1) is 23.6. The standard InChI is InChI=1S/C43H82O5/c1-3-5-7-9-11-12-13-14-15-16-17-18-19-20-21-22-23-24-25-26-27-28-29-30-32-34-36-38-43(46)48-41(39-44)40-47-42(45)37-35-33-31-10-8-6-4-2/h16-17,41,44H,3-15,18-40H2,1-2H3/b17-16-. The molecule has 0 aromatic carbocycles. The fourth-order valence-corrected chi connectivity index (χ4v) is 6.31. The SMILES string of the molecule is CCCCCCCCCC/C=C\CCCCCCCCCCCCCCCCCC(=O)OC(CO)COC(=O)CCCCCCCCC. The van der Waals surface area contributed by atoms with E-state index in [1.54, 1.807) is 0 Å². The van der Waals surface area contributed by atoms with Crippen LogP contribution in [0.5, 0.6) is 0 Å². The van der Waals surface area contributed by atoms with Gasteiger partial charge < -0.3 is 14.6 Å². The highest BCUT2D eigenvalue weighted by Gasteiger charge is 2.16. The molecular weight excluding hydrogens is 596 g/mol. The lowest BCUT2D eigenvalue weighted by atomic mass is 10.0. The molecule has 0 spiro atoms. The van der Waals surface area contributed by atoms with Gasteiger partial charge in [-0.1, -0.05) is 193 Å². The van der Waals surface area contributed by atoms with E-state index in [1.807, 2.05) is 0 Å². The van der Waals surface area contributed by atoms with Gasteiger partial charge in [0.15, 0.2) is 6.10 Å². The van der Waals surface area contributed by atoms with Crippen LogP contribution < -0.4 is 0 Å². The fourth-order valence-electron chi connectivity index (χ4n) is 6.31. The third kappa shape index (κ3) is 37.5. The molecule has 1 atom stereocenters. The zero-order valence-corrected chi connectivity index (χ0v) is 32.3. The van der Waals surface area contributed by atoms with Gasteiger partial charge in [-0.15, -0.1) is 0 Å². The molecule has 5 nitrogen and oxygen atoms in total. The molecule has 0 aromatic rings. The number of carbonyl (C=O) groups is 2. The van der Waals surface area contributed by atoms with Gasteiger partial charge in [-0.2, -0.15) is 0 Å². The molecule has 0 saturated heterocycles. The number of ether oxygens (including phenoxy) is 2. The Hall–Kier alpha value is -1.36. The largest absolute Gasteiger partial charge is 0.462 e. The smallest absolute Gasteiger partial charge is 0.306 e. The third-order valence-electron chi connectivity index (χ3n) is 9.56. The monoisotopic (exact) mass is 679 g/mol. The van der Waals surface area contributed by atoms with Crippen molar-refractivity contribution in [1.29, 1.82) is 0 Å². The van der Waals surface area contributed by atoms with E-state index in [9.17, 15) is 14.7 Å². The maximum absolute atomic E-state index is 12.1. The number of aliphatic hydroxyl groups excluding tert-OH is 1. The van der Waals surface area contributed by atoms with Crippen LogP contribution in [0.1, 0.15) is 232 Å². The van der Waals surface area contributed by atoms with Gasteiger partial charge in [0.25, 0.3) is 0 Å². The number of allylic oxidation sites excluding steroid dienone is 2. The summed E-state index contributed by atoms with van der Waals surface area (Å²) in [5.41, 5.74) is 0. The zero-order valence-electron chi connectivity index (χ0n) is 32.3. The number of hydrogen-bond donors (Lipinski definition) is 1. The van der Waals surface area contributed by atoms with Gasteiger partial charge in [-0.3, -0.25) is 9.59 Å². The summed E-state index contributed by atoms with van der Waals surface area (Å²) in [6.45, 7) is 4.11. The second-order valence-electron chi connectivity index (χ2n) is 14.4. The van der Waals surface area contributed by atoms with E-state index < -0.39 is 6.10 Å². The minimum atomic E-state index is -0.762. The first-order valence-electron chi connectivity index (χ1n) is 21.2. The van der Waals surface area contributed by atoms with Crippen LogP contribution in [0.25, 0.3) is 0 Å². The van der Waals surface area contributed by atoms with Crippen LogP contribution in [0.3, 0.4) is 0 Å². The molecule has 0 aliphatic rings. The lowest BCUT2D eigenvalue weighted by molar-refractivity contribution is -0.161. The minimum Gasteiger partial charge on any atom is -0.462 e. The average Bonchev–Trinajstić information content (AvgIpc) is 3.09. The first kappa shape index (κ1) is 46.6. The first-order valence-corrected chi connectivity index (χ1v) is 21.2. The molecule has 1 N–H and O–H groups in total. The number of carbonyl (C=O) groups excluding carboxylic acids is 2. The minimum absolute atomic E-state index is 0.0604. The van der Waals surface area contributed by atoms with E-state index >= 15 is 0 Å². The summed E-state index contributed by atoms with van der Waals surface area (Å²) in [5.74, 6) is -0.587. The third-order valence-corrected chi connectivity index (χ3v) is 9.56. The van der Waals surface area contributed by atoms with Crippen molar-refractivity contribution in [3.05, 3.63) is 12.2 Å². The van der Waals surface area contributed by atoms with Crippen molar-refractivity contribution >= 4 is 11.9 Å². The fraction of sp³-hybridized carbons (Fsp3) is 0.907. The lowest BCUT2D eigenvalue weighted by Crippen LogP contribution is -2.28. The van der Waals surface area contributed by atoms with E-state index in [2.05, 4.69) is 26.0 Å². The van der Waals surface area contributed by atoms with Crippen LogP contribution >= 0.6 is 0 Å². The summed E-state index contributed by atoms with van der Waals surface area (Å²) < 4.78 is 10.5. The van der Waals surface area contributed by atoms with Gasteiger partial charge in [0.05, 0.1) is 6.61 Å². The summed E-state index contributed by atoms with van der Waals surface area (Å²) in [5, 5.41) is 9.51. The quantitative estimate of drug-likeness (QED) is 0.0398. The van der Waals surface area contributed by atoms with Gasteiger partial charge in [-0.25, -0.2) is 0 Å². The molecule has 0 radical (unpaired) electrons. The van der Waals surface area contributed by atoms with Crippen molar-refractivity contribution in [1.82, 2.24) is 0 Å². The molecule has 0 aliphatic heterocycles. The van der Waals surface area contributed by atoms with Gasteiger partial charge in [0, 0.05) is 12.8 Å². The molecular formula is C43H82O5. The van der Waals surface area contributed by atoms with Crippen LogP contribution in [0.15, 0.2) is 12.2 Å². The van der Waals surface area contributed by atoms with Crippen molar-refractivity contribution in [2.75, 3.05) is 13.2 Å². The summed E-state index contributed by atoms with van der Waals surface area (Å²) in [6, 6.07) is 0. The van der Waals surface area contributed by atoms with Gasteiger partial charge in [-0.05, 0) is 38.5 Å². The van der Waals surface area contributed by atoms with Gasteiger partial charge >= 0.3 is 11.9 Å². The molecule has 0 bridgehead atoms. The molecule has 48 heavy (non-hydrogen) atoms. The maximum atomic E-state index is 12.1. The van der Waals surface area contributed by atoms with Crippen LogP contribution in [-0.2, 0) is 19.1 Å². The number of esters is 2. The normalized spacial score (nSPS) is 12.1. The maximum Gasteiger partial charge on any atom is 0.306 e. The Morgan fingerprint density at radius 1 is 0.458 bits per heavy atom. The van der Waals surface area contributed by atoms with Crippen molar-refractivity contribution < 1.29 is 24.2 Å². The van der Waals surface area contributed by atoms with Crippen LogP contribution in [0, 0.1) is 0 Å². The van der Waals surface area contributed by atoms with E-state index in [0.29, 0.717) is 12.8 Å². The molecule has 0 rings (SSSR count). The topological polar surface area (TPSA) is 72.8 Å². The highest BCUT2D eigenvalue weighted by molar-refractivity contribution is 5.70. The number of unbranched alkanes of at least 4 members (excludes halogenated alkanes) is 29. The Bertz CT molecular complexity index is 691. The van der Waals surface area contributed by atoms with E-state index in [4.69, 9.17) is 9.47 Å². The van der Waals surface area contributed by atoms with Crippen LogP contribution in [0.4, 0.5) is 0 Å². The van der Waals surface area contributed by atoms with Crippen LogP contribution in [0.2, 0.25) is 0 Å². The van der Waals surface area contributed by atoms with Crippen molar-refractivity contribution in [2.45, 2.75) is 238 Å². The Labute approximate surface area is 299 Å². The number of aliphatic hydroxyl groups is 1. The Kier molecular flexibility index (Phi) is 38.9. The van der Waals surface area contributed by atoms with Crippen LogP contribution in [-0.4, -0.2) is 36.4 Å². The lowest BCUT2D eigenvalue weighted by Gasteiger charge is -2.15. The highest BCUT2D eigenvalue weighted by Crippen LogP contribution is 2.15. The molecule has 284 valence electrons. The summed E-state index contributed by atoms with van der Waals surface area (Å²) in [6.07, 6.45) is 46.0. The van der Waals surface area contributed by atoms with E-state index in [1.165, 1.54) is 167 Å². The van der Waals surface area contributed by atoms with Gasteiger partial charge in [0.1, 0.15) is 6.61 Å². The Morgan fingerprint density at radius 2 is 0.771 bits per heavy atom. The zero-order chi connectivity index (χ0) is 35.0. The van der Waals surface area contributed by atoms with E-state index in [-0.39, 0.29) is 25.2 Å². The van der Waals surface area contributed by atoms with E-state index in [0.717, 1.165) is 38.5 Å². The average molecular weight is 679 g/mol. The van der Waals surface area contributed by atoms with Crippen molar-refractivity contribution in [3.8, 4) is 0 Å². The molecule has 0 heterocycles. The molecule has 1 unspecified atom stereocenters. The Morgan fingerprint density at radius 3 is 1.12 bits per heavy atom. The molecule has 0 amide bonds. The predicted molar refractivity (Wildman–Crippen MR) is 205 cm³/mol. The predicted octanol–water partition coefficient (Wildman–Crippen LogP) is 13.3. The Balaban J connectivity index is 3.39. The second-order valence-corrected chi connectivity index (χ2v) is 14.4. The summed E-state index contributed by atoms with van der Waals surface area (Å²) >= 11 is 0. The molecule has 5 heteroatoms. The molecule has 0 fully saturated rings. The number of hydrogen-bond acceptors (Lipinski definition) is 5. The van der Waals surface area contributed by atoms with Crippen molar-refractivity contribution in [2.24, 2.45) is 0 Å². The molecule has 0 aromatic heterocycles. The highest BCUT2D eigenvalue weighted by atomic mass is 16.6. The molecule has 0 saturated carbocycles. The number of rotatable bonds is 39.